The van der Waals surface area contributed by atoms with Crippen LogP contribution in [0.15, 0.2) is 24.3 Å². The highest BCUT2D eigenvalue weighted by Crippen LogP contribution is 2.27. The first kappa shape index (κ1) is 15.4. The molecule has 6 heteroatoms. The molecule has 1 aliphatic carbocycles. The summed E-state index contributed by atoms with van der Waals surface area (Å²) in [5.74, 6) is 0.237. The van der Waals surface area contributed by atoms with Gasteiger partial charge < -0.3 is 10.6 Å². The molecule has 0 spiro atoms. The minimum Gasteiger partial charge on any atom is -0.341 e. The predicted molar refractivity (Wildman–Crippen MR) is 79.5 cm³/mol. The van der Waals surface area contributed by atoms with E-state index < -0.39 is 4.92 Å². The van der Waals surface area contributed by atoms with Gasteiger partial charge in [-0.2, -0.15) is 0 Å². The highest BCUT2D eigenvalue weighted by Gasteiger charge is 2.27. The van der Waals surface area contributed by atoms with E-state index in [0.29, 0.717) is 12.0 Å². The molecule has 0 unspecified atom stereocenters. The van der Waals surface area contributed by atoms with Crippen LogP contribution in [0.25, 0.3) is 0 Å². The Labute approximate surface area is 124 Å². The Kier molecular flexibility index (Phi) is 4.90. The van der Waals surface area contributed by atoms with Crippen LogP contribution in [-0.2, 0) is 11.3 Å². The maximum Gasteiger partial charge on any atom is 0.274 e. The van der Waals surface area contributed by atoms with E-state index in [1.54, 1.807) is 30.1 Å². The summed E-state index contributed by atoms with van der Waals surface area (Å²) < 4.78 is 0. The Morgan fingerprint density at radius 1 is 1.43 bits per heavy atom. The van der Waals surface area contributed by atoms with Crippen LogP contribution in [0.2, 0.25) is 0 Å². The summed E-state index contributed by atoms with van der Waals surface area (Å²) in [6.45, 7) is 0.248. The Hall–Kier alpha value is -1.95. The smallest absolute Gasteiger partial charge is 0.274 e. The number of rotatable bonds is 5. The third-order valence-corrected chi connectivity index (χ3v) is 4.18. The number of para-hydroxylation sites is 1. The lowest BCUT2D eigenvalue weighted by Gasteiger charge is -2.21. The minimum atomic E-state index is -0.416. The summed E-state index contributed by atoms with van der Waals surface area (Å²) in [4.78, 5) is 24.3. The van der Waals surface area contributed by atoms with Gasteiger partial charge in [-0.05, 0) is 18.8 Å². The summed E-state index contributed by atoms with van der Waals surface area (Å²) in [6, 6.07) is 6.62. The molecule has 1 fully saturated rings. The van der Waals surface area contributed by atoms with Gasteiger partial charge in [0.25, 0.3) is 5.69 Å². The number of nitro groups is 1. The lowest BCUT2D eigenvalue weighted by molar-refractivity contribution is -0.385. The van der Waals surface area contributed by atoms with Gasteiger partial charge in [0.2, 0.25) is 5.91 Å². The van der Waals surface area contributed by atoms with E-state index in [4.69, 9.17) is 5.73 Å². The molecule has 0 heterocycles. The van der Waals surface area contributed by atoms with Gasteiger partial charge in [0.15, 0.2) is 0 Å². The normalized spacial score (nSPS) is 21.2. The maximum atomic E-state index is 12.2. The molecule has 2 atom stereocenters. The number of hydrogen-bond donors (Lipinski definition) is 1. The molecule has 2 N–H and O–H groups in total. The molecule has 0 aromatic heterocycles. The van der Waals surface area contributed by atoms with Crippen LogP contribution in [0, 0.1) is 16.0 Å². The second-order valence-electron chi connectivity index (χ2n) is 5.69. The fraction of sp³-hybridized carbons (Fsp3) is 0.533. The maximum absolute atomic E-state index is 12.2. The van der Waals surface area contributed by atoms with E-state index in [9.17, 15) is 14.9 Å². The van der Waals surface area contributed by atoms with Gasteiger partial charge in [-0.25, -0.2) is 0 Å². The SMILES string of the molecule is CN(Cc1ccccc1[N+](=O)[O-])C(=O)C[C@@H]1CCC[C@H]1N. The predicted octanol–water partition coefficient (Wildman–Crippen LogP) is 2.07. The van der Waals surface area contributed by atoms with Crippen molar-refractivity contribution in [3.63, 3.8) is 0 Å². The number of benzene rings is 1. The molecule has 0 bridgehead atoms. The molecule has 21 heavy (non-hydrogen) atoms. The van der Waals surface area contributed by atoms with E-state index >= 15 is 0 Å². The molecule has 1 aromatic carbocycles. The van der Waals surface area contributed by atoms with Crippen molar-refractivity contribution >= 4 is 11.6 Å². The number of hydrogen-bond acceptors (Lipinski definition) is 4. The molecule has 0 radical (unpaired) electrons. The van der Waals surface area contributed by atoms with Crippen molar-refractivity contribution in [1.82, 2.24) is 4.90 Å². The van der Waals surface area contributed by atoms with Gasteiger partial charge in [0, 0.05) is 31.1 Å². The molecule has 0 aliphatic heterocycles. The quantitative estimate of drug-likeness (QED) is 0.664. The number of nitrogens with two attached hydrogens (primary N) is 1. The van der Waals surface area contributed by atoms with Crippen LogP contribution >= 0.6 is 0 Å². The lowest BCUT2D eigenvalue weighted by atomic mass is 9.99. The van der Waals surface area contributed by atoms with Crippen LogP contribution in [0.4, 0.5) is 5.69 Å². The zero-order valence-corrected chi connectivity index (χ0v) is 12.2. The van der Waals surface area contributed by atoms with Crippen LogP contribution in [0.1, 0.15) is 31.2 Å². The molecule has 114 valence electrons. The number of nitrogens with zero attached hydrogens (tertiary/aromatic N) is 2. The Morgan fingerprint density at radius 3 is 2.76 bits per heavy atom. The molecule has 0 saturated heterocycles. The van der Waals surface area contributed by atoms with Crippen molar-refractivity contribution in [2.24, 2.45) is 11.7 Å². The highest BCUT2D eigenvalue weighted by molar-refractivity contribution is 5.76. The topological polar surface area (TPSA) is 89.5 Å². The van der Waals surface area contributed by atoms with Crippen LogP contribution in [0.5, 0.6) is 0 Å². The van der Waals surface area contributed by atoms with Crippen molar-refractivity contribution < 1.29 is 9.72 Å². The summed E-state index contributed by atoms with van der Waals surface area (Å²) in [5, 5.41) is 11.0. The third-order valence-electron chi connectivity index (χ3n) is 4.18. The molecule has 2 rings (SSSR count). The largest absolute Gasteiger partial charge is 0.341 e. The molecule has 1 aliphatic rings. The second kappa shape index (κ2) is 6.67. The van der Waals surface area contributed by atoms with Gasteiger partial charge in [-0.3, -0.25) is 14.9 Å². The van der Waals surface area contributed by atoms with Crippen LogP contribution < -0.4 is 5.73 Å². The van der Waals surface area contributed by atoms with E-state index in [-0.39, 0.29) is 30.1 Å². The van der Waals surface area contributed by atoms with E-state index in [0.717, 1.165) is 19.3 Å². The molecular weight excluding hydrogens is 270 g/mol. The summed E-state index contributed by atoms with van der Waals surface area (Å²) in [6.07, 6.45) is 3.48. The van der Waals surface area contributed by atoms with Gasteiger partial charge in [-0.1, -0.05) is 24.6 Å². The first-order valence-electron chi connectivity index (χ1n) is 7.21. The summed E-state index contributed by atoms with van der Waals surface area (Å²) in [5.41, 5.74) is 6.58. The van der Waals surface area contributed by atoms with Crippen molar-refractivity contribution in [3.05, 3.63) is 39.9 Å². The monoisotopic (exact) mass is 291 g/mol. The first-order chi connectivity index (χ1) is 9.99. The molecule has 1 aromatic rings. The standard InChI is InChI=1S/C15H21N3O3/c1-17(15(19)9-11-6-4-7-13(11)16)10-12-5-2-3-8-14(12)18(20)21/h2-3,5,8,11,13H,4,6-7,9-10,16H2,1H3/t11-,13+/m0/s1. The van der Waals surface area contributed by atoms with Gasteiger partial charge >= 0.3 is 0 Å². The zero-order chi connectivity index (χ0) is 15.4. The zero-order valence-electron chi connectivity index (χ0n) is 12.2. The molecule has 1 saturated carbocycles. The summed E-state index contributed by atoms with van der Waals surface area (Å²) in [7, 11) is 1.68. The van der Waals surface area contributed by atoms with Gasteiger partial charge in [0.05, 0.1) is 11.5 Å². The molecule has 1 amide bonds. The highest BCUT2D eigenvalue weighted by atomic mass is 16.6. The van der Waals surface area contributed by atoms with Crippen LogP contribution in [0.3, 0.4) is 0 Å². The fourth-order valence-corrected chi connectivity index (χ4v) is 2.87. The van der Waals surface area contributed by atoms with Gasteiger partial charge in [0.1, 0.15) is 0 Å². The van der Waals surface area contributed by atoms with E-state index in [2.05, 4.69) is 0 Å². The van der Waals surface area contributed by atoms with E-state index in [1.807, 2.05) is 0 Å². The number of carbonyl (C=O) groups is 1. The van der Waals surface area contributed by atoms with E-state index in [1.165, 1.54) is 6.07 Å². The fourth-order valence-electron chi connectivity index (χ4n) is 2.87. The number of amides is 1. The van der Waals surface area contributed by atoms with Crippen molar-refractivity contribution in [2.75, 3.05) is 7.05 Å². The van der Waals surface area contributed by atoms with Crippen LogP contribution in [-0.4, -0.2) is 28.8 Å². The third kappa shape index (κ3) is 3.78. The lowest BCUT2D eigenvalue weighted by Crippen LogP contribution is -2.32. The van der Waals surface area contributed by atoms with Crippen molar-refractivity contribution in [3.8, 4) is 0 Å². The Bertz CT molecular complexity index is 533. The first-order valence-corrected chi connectivity index (χ1v) is 7.21. The second-order valence-corrected chi connectivity index (χ2v) is 5.69. The average Bonchev–Trinajstić information content (AvgIpc) is 2.84. The Balaban J connectivity index is 1.99. The molecule has 6 nitrogen and oxygen atoms in total. The molecular formula is C15H21N3O3. The van der Waals surface area contributed by atoms with Crippen molar-refractivity contribution in [1.29, 1.82) is 0 Å². The average molecular weight is 291 g/mol. The van der Waals surface area contributed by atoms with Crippen molar-refractivity contribution in [2.45, 2.75) is 38.3 Å². The Morgan fingerprint density at radius 2 is 2.14 bits per heavy atom. The number of carbonyl (C=O) groups excluding carboxylic acids is 1. The minimum absolute atomic E-state index is 0.00417. The number of nitro benzene ring substituents is 1. The van der Waals surface area contributed by atoms with Gasteiger partial charge in [-0.15, -0.1) is 0 Å². The summed E-state index contributed by atoms with van der Waals surface area (Å²) >= 11 is 0.